The molecule has 4 N–H and O–H groups in total. The predicted molar refractivity (Wildman–Crippen MR) is 68.3 cm³/mol. The van der Waals surface area contributed by atoms with Gasteiger partial charge in [-0.15, -0.1) is 0 Å². The number of aliphatic hydroxyl groups excluding tert-OH is 1. The van der Waals surface area contributed by atoms with Crippen LogP contribution >= 0.6 is 0 Å². The summed E-state index contributed by atoms with van der Waals surface area (Å²) in [7, 11) is 0. The molecule has 1 aliphatic rings. The van der Waals surface area contributed by atoms with Crippen LogP contribution in [0.2, 0.25) is 0 Å². The van der Waals surface area contributed by atoms with Crippen LogP contribution in [-0.4, -0.2) is 30.3 Å². The van der Waals surface area contributed by atoms with Gasteiger partial charge < -0.3 is 16.2 Å². The molecule has 0 saturated heterocycles. The molecule has 0 bridgehead atoms. The van der Waals surface area contributed by atoms with Crippen molar-refractivity contribution in [2.24, 2.45) is 11.7 Å². The Balaban J connectivity index is 2.19. The molecule has 0 aliphatic heterocycles. The highest BCUT2D eigenvalue weighted by atomic mass is 16.3. The molecule has 3 nitrogen and oxygen atoms in total. The van der Waals surface area contributed by atoms with E-state index in [2.05, 4.69) is 12.2 Å². The molecule has 0 amide bonds. The lowest BCUT2D eigenvalue weighted by atomic mass is 9.91. The Morgan fingerprint density at radius 3 is 2.81 bits per heavy atom. The Labute approximate surface area is 99.8 Å². The van der Waals surface area contributed by atoms with E-state index in [0.717, 1.165) is 19.4 Å². The lowest BCUT2D eigenvalue weighted by Gasteiger charge is -2.29. The van der Waals surface area contributed by atoms with Gasteiger partial charge in [0.2, 0.25) is 0 Å². The van der Waals surface area contributed by atoms with Gasteiger partial charge in [-0.2, -0.15) is 0 Å². The number of hydrogen-bond donors (Lipinski definition) is 3. The van der Waals surface area contributed by atoms with E-state index in [-0.39, 0.29) is 0 Å². The van der Waals surface area contributed by atoms with Crippen molar-refractivity contribution >= 4 is 0 Å². The second kappa shape index (κ2) is 8.04. The van der Waals surface area contributed by atoms with Crippen molar-refractivity contribution in [2.75, 3.05) is 13.2 Å². The Morgan fingerprint density at radius 2 is 2.19 bits per heavy atom. The molecule has 16 heavy (non-hydrogen) atoms. The van der Waals surface area contributed by atoms with E-state index in [1.807, 2.05) is 0 Å². The summed E-state index contributed by atoms with van der Waals surface area (Å²) in [5.74, 6) is 0.633. The van der Waals surface area contributed by atoms with Gasteiger partial charge in [0.1, 0.15) is 0 Å². The molecular weight excluding hydrogens is 200 g/mol. The SMILES string of the molecule is CCCC(CCO)CNC1CCCC(N)C1. The first-order chi connectivity index (χ1) is 7.76. The molecule has 1 rings (SSSR count). The largest absolute Gasteiger partial charge is 0.396 e. The van der Waals surface area contributed by atoms with Crippen LogP contribution < -0.4 is 11.1 Å². The number of nitrogens with one attached hydrogen (secondary N) is 1. The lowest BCUT2D eigenvalue weighted by molar-refractivity contribution is 0.238. The van der Waals surface area contributed by atoms with Gasteiger partial charge >= 0.3 is 0 Å². The first kappa shape index (κ1) is 13.9. The second-order valence-corrected chi connectivity index (χ2v) is 5.20. The summed E-state index contributed by atoms with van der Waals surface area (Å²) in [6.07, 6.45) is 8.19. The third-order valence-corrected chi connectivity index (χ3v) is 3.64. The van der Waals surface area contributed by atoms with Crippen LogP contribution in [0.4, 0.5) is 0 Å². The summed E-state index contributed by atoms with van der Waals surface area (Å²) in [5.41, 5.74) is 5.97. The van der Waals surface area contributed by atoms with Gasteiger partial charge in [0.15, 0.2) is 0 Å². The van der Waals surface area contributed by atoms with E-state index in [9.17, 15) is 0 Å². The van der Waals surface area contributed by atoms with Crippen molar-refractivity contribution < 1.29 is 5.11 Å². The van der Waals surface area contributed by atoms with Crippen LogP contribution in [0, 0.1) is 5.92 Å². The van der Waals surface area contributed by atoms with Gasteiger partial charge in [0.05, 0.1) is 0 Å². The van der Waals surface area contributed by atoms with Crippen molar-refractivity contribution in [3.05, 3.63) is 0 Å². The molecule has 0 aromatic carbocycles. The Hall–Kier alpha value is -0.120. The van der Waals surface area contributed by atoms with Crippen LogP contribution in [-0.2, 0) is 0 Å². The van der Waals surface area contributed by atoms with Gasteiger partial charge in [-0.3, -0.25) is 0 Å². The summed E-state index contributed by atoms with van der Waals surface area (Å²) in [5, 5.41) is 12.6. The lowest BCUT2D eigenvalue weighted by Crippen LogP contribution is -2.41. The Morgan fingerprint density at radius 1 is 1.38 bits per heavy atom. The number of aliphatic hydroxyl groups is 1. The summed E-state index contributed by atoms with van der Waals surface area (Å²) in [4.78, 5) is 0. The normalized spacial score (nSPS) is 27.9. The quantitative estimate of drug-likeness (QED) is 0.621. The van der Waals surface area contributed by atoms with Crippen molar-refractivity contribution in [3.8, 4) is 0 Å². The molecule has 3 heteroatoms. The second-order valence-electron chi connectivity index (χ2n) is 5.20. The van der Waals surface area contributed by atoms with E-state index in [1.54, 1.807) is 0 Å². The fourth-order valence-electron chi connectivity index (χ4n) is 2.69. The molecule has 96 valence electrons. The third kappa shape index (κ3) is 5.28. The first-order valence-corrected chi connectivity index (χ1v) is 6.86. The van der Waals surface area contributed by atoms with Crippen molar-refractivity contribution in [1.29, 1.82) is 0 Å². The fourth-order valence-corrected chi connectivity index (χ4v) is 2.69. The van der Waals surface area contributed by atoms with Gasteiger partial charge in [-0.25, -0.2) is 0 Å². The monoisotopic (exact) mass is 228 g/mol. The molecule has 0 heterocycles. The smallest absolute Gasteiger partial charge is 0.0434 e. The van der Waals surface area contributed by atoms with Crippen LogP contribution in [0.25, 0.3) is 0 Å². The Bertz CT molecular complexity index is 165. The molecule has 1 fully saturated rings. The summed E-state index contributed by atoms with van der Waals surface area (Å²) >= 11 is 0. The first-order valence-electron chi connectivity index (χ1n) is 6.86. The van der Waals surface area contributed by atoms with Crippen LogP contribution in [0.15, 0.2) is 0 Å². The number of rotatable bonds is 7. The maximum Gasteiger partial charge on any atom is 0.0434 e. The third-order valence-electron chi connectivity index (χ3n) is 3.64. The molecule has 0 radical (unpaired) electrons. The van der Waals surface area contributed by atoms with Gasteiger partial charge in [-0.05, 0) is 44.6 Å². The minimum Gasteiger partial charge on any atom is -0.396 e. The fraction of sp³-hybridized carbons (Fsp3) is 1.00. The van der Waals surface area contributed by atoms with E-state index in [4.69, 9.17) is 10.8 Å². The van der Waals surface area contributed by atoms with E-state index in [1.165, 1.54) is 32.1 Å². The van der Waals surface area contributed by atoms with E-state index >= 15 is 0 Å². The van der Waals surface area contributed by atoms with Crippen LogP contribution in [0.5, 0.6) is 0 Å². The average Bonchev–Trinajstić information content (AvgIpc) is 2.27. The highest BCUT2D eigenvalue weighted by molar-refractivity contribution is 4.80. The molecule has 3 atom stereocenters. The average molecular weight is 228 g/mol. The summed E-state index contributed by atoms with van der Waals surface area (Å²) in [6, 6.07) is 1.01. The zero-order valence-corrected chi connectivity index (χ0v) is 10.6. The number of nitrogens with two attached hydrogens (primary N) is 1. The zero-order chi connectivity index (χ0) is 11.8. The molecule has 0 aromatic heterocycles. The zero-order valence-electron chi connectivity index (χ0n) is 10.6. The molecule has 1 aliphatic carbocycles. The minimum atomic E-state index is 0.316. The summed E-state index contributed by atoms with van der Waals surface area (Å²) < 4.78 is 0. The van der Waals surface area contributed by atoms with E-state index < -0.39 is 0 Å². The molecule has 1 saturated carbocycles. The molecule has 0 spiro atoms. The number of hydrogen-bond acceptors (Lipinski definition) is 3. The van der Waals surface area contributed by atoms with Gasteiger partial charge in [0, 0.05) is 18.7 Å². The highest BCUT2D eigenvalue weighted by Gasteiger charge is 2.19. The van der Waals surface area contributed by atoms with Gasteiger partial charge in [-0.1, -0.05) is 19.8 Å². The molecule has 0 aromatic rings. The summed E-state index contributed by atoms with van der Waals surface area (Å²) in [6.45, 7) is 3.57. The van der Waals surface area contributed by atoms with Crippen molar-refractivity contribution in [3.63, 3.8) is 0 Å². The van der Waals surface area contributed by atoms with Gasteiger partial charge in [0.25, 0.3) is 0 Å². The standard InChI is InChI=1S/C13H28N2O/c1-2-4-11(7-8-16)10-15-13-6-3-5-12(14)9-13/h11-13,15-16H,2-10,14H2,1H3. The molecular formula is C13H28N2O. The van der Waals surface area contributed by atoms with Crippen LogP contribution in [0.1, 0.15) is 51.9 Å². The van der Waals surface area contributed by atoms with Crippen molar-refractivity contribution in [2.45, 2.75) is 64.0 Å². The minimum absolute atomic E-state index is 0.316. The Kier molecular flexibility index (Phi) is 7.01. The topological polar surface area (TPSA) is 58.3 Å². The predicted octanol–water partition coefficient (Wildman–Crippen LogP) is 1.64. The highest BCUT2D eigenvalue weighted by Crippen LogP contribution is 2.18. The maximum atomic E-state index is 8.99. The van der Waals surface area contributed by atoms with E-state index in [0.29, 0.717) is 24.6 Å². The molecule has 3 unspecified atom stereocenters. The van der Waals surface area contributed by atoms with Crippen molar-refractivity contribution in [1.82, 2.24) is 5.32 Å². The maximum absolute atomic E-state index is 8.99. The van der Waals surface area contributed by atoms with Crippen LogP contribution in [0.3, 0.4) is 0 Å².